The lowest BCUT2D eigenvalue weighted by atomic mass is 10.0. The highest BCUT2D eigenvalue weighted by molar-refractivity contribution is 7.26. The van der Waals surface area contributed by atoms with E-state index in [9.17, 15) is 0 Å². The van der Waals surface area contributed by atoms with Crippen molar-refractivity contribution in [2.24, 2.45) is 0 Å². The lowest BCUT2D eigenvalue weighted by Crippen LogP contribution is -2.24. The highest BCUT2D eigenvalue weighted by Gasteiger charge is 2.21. The van der Waals surface area contributed by atoms with Crippen molar-refractivity contribution in [3.63, 3.8) is 0 Å². The summed E-state index contributed by atoms with van der Waals surface area (Å²) >= 11 is 3.50. The second-order valence-corrected chi connectivity index (χ2v) is 16.1. The zero-order chi connectivity index (χ0) is 38.7. The van der Waals surface area contributed by atoms with Crippen LogP contribution in [0, 0.1) is 0 Å². The van der Waals surface area contributed by atoms with E-state index in [1.54, 1.807) is 22.7 Å². The molecule has 0 bridgehead atoms. The third kappa shape index (κ3) is 5.56. The predicted molar refractivity (Wildman–Crippen MR) is 241 cm³/mol. The van der Waals surface area contributed by atoms with E-state index in [0.29, 0.717) is 23.3 Å². The number of furan rings is 1. The van der Waals surface area contributed by atoms with Crippen LogP contribution in [-0.4, -0.2) is 24.9 Å². The standard InChI is InChI=1S/C50H31N5OS2/c1-3-32(42-33-20-11-13-23-38(33)56-37(42)4-2)49-53-48(30-18-9-6-10-19-30)54-50(55-49)36-22-15-25-40-43(36)34-27-26-31(28-41(34)57-40)44-46-45(35-21-12-14-24-39(35)58-46)52-47(51-44)29-16-7-5-8-17-29/h3-28H,1H2,2H3/b37-4+,42-32+. The second kappa shape index (κ2) is 13.8. The van der Waals surface area contributed by atoms with Gasteiger partial charge in [-0.2, -0.15) is 0 Å². The molecule has 8 heteroatoms. The van der Waals surface area contributed by atoms with Crippen molar-refractivity contribution < 1.29 is 4.42 Å². The number of nitrogens with zero attached hydrogens (tertiary/aromatic N) is 5. The normalized spacial score (nSPS) is 12.7. The van der Waals surface area contributed by atoms with Gasteiger partial charge in [0, 0.05) is 68.7 Å². The first-order valence-electron chi connectivity index (χ1n) is 19.0. The molecule has 0 N–H and O–H groups in total. The van der Waals surface area contributed by atoms with E-state index in [4.69, 9.17) is 29.3 Å². The van der Waals surface area contributed by atoms with Crippen LogP contribution in [0.4, 0.5) is 0 Å². The number of thiophene rings is 2. The Morgan fingerprint density at radius 3 is 2.03 bits per heavy atom. The fourth-order valence-electron chi connectivity index (χ4n) is 7.85. The molecule has 0 unspecified atom stereocenters. The van der Waals surface area contributed by atoms with Gasteiger partial charge in [0.15, 0.2) is 23.3 Å². The number of hydrogen-bond acceptors (Lipinski definition) is 8. The number of aromatic nitrogens is 5. The van der Waals surface area contributed by atoms with Crippen molar-refractivity contribution in [3.8, 4) is 45.4 Å². The number of allylic oxidation sites excluding steroid dienone is 1. The maximum Gasteiger partial charge on any atom is 0.164 e. The van der Waals surface area contributed by atoms with Crippen LogP contribution in [0.3, 0.4) is 0 Å². The quantitative estimate of drug-likeness (QED) is 0.167. The molecule has 0 amide bonds. The molecule has 58 heavy (non-hydrogen) atoms. The van der Waals surface area contributed by atoms with Crippen molar-refractivity contribution in [2.75, 3.05) is 0 Å². The topological polar surface area (TPSA) is 77.6 Å². The van der Waals surface area contributed by atoms with Crippen LogP contribution in [0.1, 0.15) is 12.7 Å². The Kier molecular flexibility index (Phi) is 8.13. The molecular weight excluding hydrogens is 751 g/mol. The van der Waals surface area contributed by atoms with Crippen LogP contribution in [0.15, 0.2) is 163 Å². The molecule has 11 aromatic rings. The lowest BCUT2D eigenvalue weighted by molar-refractivity contribution is 0.574. The second-order valence-electron chi connectivity index (χ2n) is 13.9. The van der Waals surface area contributed by atoms with Gasteiger partial charge in [-0.1, -0.05) is 134 Å². The maximum absolute atomic E-state index is 6.29. The first-order chi connectivity index (χ1) is 28.6. The minimum Gasteiger partial charge on any atom is -0.456 e. The van der Waals surface area contributed by atoms with Gasteiger partial charge in [-0.3, -0.25) is 0 Å². The molecule has 11 rings (SSSR count). The monoisotopic (exact) mass is 781 g/mol. The SMILES string of the molecule is C=C/C(c1nc(-c2ccccc2)nc(-c2cccc3sc4cc(-c5nc(-c6ccccc6)nc6c5sc5ccccc56)ccc4c23)n1)=c1\c(=C/C)oc2ccccc12. The molecular formula is C50H31N5OS2. The summed E-state index contributed by atoms with van der Waals surface area (Å²) in [4.78, 5) is 25.9. The van der Waals surface area contributed by atoms with Crippen molar-refractivity contribution in [3.05, 3.63) is 175 Å². The van der Waals surface area contributed by atoms with Crippen molar-refractivity contribution >= 4 is 85.8 Å². The van der Waals surface area contributed by atoms with E-state index >= 15 is 0 Å². The summed E-state index contributed by atoms with van der Waals surface area (Å²) in [6.45, 7) is 6.22. The summed E-state index contributed by atoms with van der Waals surface area (Å²) in [5, 5.41) is 5.25. The summed E-state index contributed by atoms with van der Waals surface area (Å²) in [6.07, 6.45) is 3.80. The maximum atomic E-state index is 6.29. The van der Waals surface area contributed by atoms with Gasteiger partial charge in [0.25, 0.3) is 0 Å². The fourth-order valence-corrected chi connectivity index (χ4v) is 10.2. The number of rotatable bonds is 6. The predicted octanol–water partition coefficient (Wildman–Crippen LogP) is 12.0. The molecule has 0 aliphatic heterocycles. The van der Waals surface area contributed by atoms with Crippen molar-refractivity contribution in [1.82, 2.24) is 24.9 Å². The first kappa shape index (κ1) is 34.1. The summed E-state index contributed by atoms with van der Waals surface area (Å²) in [5.41, 5.74) is 8.09. The van der Waals surface area contributed by atoms with Gasteiger partial charge in [-0.05, 0) is 37.3 Å². The van der Waals surface area contributed by atoms with Gasteiger partial charge in [0.2, 0.25) is 0 Å². The number of fused-ring (bicyclic) bond motifs is 7. The summed E-state index contributed by atoms with van der Waals surface area (Å²) in [6, 6.07) is 49.8. The zero-order valence-corrected chi connectivity index (χ0v) is 32.8. The van der Waals surface area contributed by atoms with E-state index in [-0.39, 0.29) is 0 Å². The third-order valence-corrected chi connectivity index (χ3v) is 12.8. The highest BCUT2D eigenvalue weighted by atomic mass is 32.1. The van der Waals surface area contributed by atoms with E-state index in [2.05, 4.69) is 85.4 Å². The number of hydrogen-bond donors (Lipinski definition) is 0. The number of para-hydroxylation sites is 1. The van der Waals surface area contributed by atoms with E-state index in [1.807, 2.05) is 85.8 Å². The lowest BCUT2D eigenvalue weighted by Gasteiger charge is -2.10. The summed E-state index contributed by atoms with van der Waals surface area (Å²) < 4.78 is 10.9. The highest BCUT2D eigenvalue weighted by Crippen LogP contribution is 2.44. The Morgan fingerprint density at radius 1 is 0.569 bits per heavy atom. The molecule has 6 aromatic carbocycles. The van der Waals surface area contributed by atoms with E-state index < -0.39 is 0 Å². The average Bonchev–Trinajstić information content (AvgIpc) is 3.98. The molecule has 0 radical (unpaired) electrons. The molecule has 0 fully saturated rings. The van der Waals surface area contributed by atoms with Crippen molar-refractivity contribution in [1.29, 1.82) is 0 Å². The molecule has 6 nitrogen and oxygen atoms in total. The molecule has 0 saturated heterocycles. The molecule has 0 spiro atoms. The smallest absolute Gasteiger partial charge is 0.164 e. The minimum absolute atomic E-state index is 0.526. The summed E-state index contributed by atoms with van der Waals surface area (Å²) in [5.74, 6) is 2.41. The molecule has 5 heterocycles. The van der Waals surface area contributed by atoms with Gasteiger partial charge in [-0.15, -0.1) is 22.7 Å². The van der Waals surface area contributed by atoms with Crippen LogP contribution in [-0.2, 0) is 0 Å². The molecule has 0 aliphatic rings. The van der Waals surface area contributed by atoms with Crippen LogP contribution in [0.5, 0.6) is 0 Å². The van der Waals surface area contributed by atoms with Gasteiger partial charge < -0.3 is 4.42 Å². The number of benzene rings is 6. The van der Waals surface area contributed by atoms with Gasteiger partial charge in [0.1, 0.15) is 11.0 Å². The first-order valence-corrected chi connectivity index (χ1v) is 20.6. The van der Waals surface area contributed by atoms with E-state index in [0.717, 1.165) is 90.9 Å². The summed E-state index contributed by atoms with van der Waals surface area (Å²) in [7, 11) is 0. The van der Waals surface area contributed by atoms with E-state index in [1.165, 1.54) is 4.70 Å². The Balaban J connectivity index is 1.13. The van der Waals surface area contributed by atoms with Crippen molar-refractivity contribution in [2.45, 2.75) is 6.92 Å². The van der Waals surface area contributed by atoms with Crippen LogP contribution in [0.25, 0.3) is 109 Å². The Bertz CT molecular complexity index is 3550. The Labute approximate surface area is 340 Å². The Morgan fingerprint density at radius 2 is 1.26 bits per heavy atom. The van der Waals surface area contributed by atoms with Crippen LogP contribution < -0.4 is 10.6 Å². The minimum atomic E-state index is 0.526. The third-order valence-electron chi connectivity index (χ3n) is 10.5. The largest absolute Gasteiger partial charge is 0.456 e. The average molecular weight is 782 g/mol. The van der Waals surface area contributed by atoms with Crippen LogP contribution >= 0.6 is 22.7 Å². The molecule has 5 aromatic heterocycles. The molecule has 274 valence electrons. The molecule has 0 aliphatic carbocycles. The van der Waals surface area contributed by atoms with Crippen LogP contribution in [0.2, 0.25) is 0 Å². The fraction of sp³-hybridized carbons (Fsp3) is 0.0200. The Hall–Kier alpha value is -7.13. The zero-order valence-electron chi connectivity index (χ0n) is 31.2. The molecule has 0 saturated carbocycles. The van der Waals surface area contributed by atoms with Gasteiger partial charge >= 0.3 is 0 Å². The van der Waals surface area contributed by atoms with Gasteiger partial charge in [-0.25, -0.2) is 24.9 Å². The molecule has 0 atom stereocenters. The van der Waals surface area contributed by atoms with Gasteiger partial charge in [0.05, 0.1) is 15.9 Å².